The molecular weight excluding hydrogens is 416 g/mol. The van der Waals surface area contributed by atoms with E-state index in [2.05, 4.69) is 4.98 Å². The molecule has 2 heterocycles. The van der Waals surface area contributed by atoms with Gasteiger partial charge in [-0.05, 0) is 18.3 Å². The van der Waals surface area contributed by atoms with Gasteiger partial charge in [0, 0.05) is 31.4 Å². The lowest BCUT2D eigenvalue weighted by atomic mass is 9.81. The third-order valence-corrected chi connectivity index (χ3v) is 6.76. The summed E-state index contributed by atoms with van der Waals surface area (Å²) < 4.78 is 10.9. The Labute approximate surface area is 178 Å². The smallest absolute Gasteiger partial charge is 0.410 e. The number of carbonyl (C=O) groups excluding carboxylic acids is 1. The van der Waals surface area contributed by atoms with Crippen LogP contribution in [0.15, 0.2) is 21.9 Å². The Morgan fingerprint density at radius 3 is 3.00 bits per heavy atom. The van der Waals surface area contributed by atoms with Crippen LogP contribution in [-0.4, -0.2) is 76.9 Å². The van der Waals surface area contributed by atoms with Crippen molar-refractivity contribution in [3.05, 3.63) is 23.2 Å². The van der Waals surface area contributed by atoms with Crippen LogP contribution in [0.5, 0.6) is 0 Å². The molecule has 2 rings (SSSR count). The van der Waals surface area contributed by atoms with Gasteiger partial charge in [-0.25, -0.2) is 14.6 Å². The van der Waals surface area contributed by atoms with E-state index >= 15 is 0 Å². The van der Waals surface area contributed by atoms with Gasteiger partial charge in [0.1, 0.15) is 6.61 Å². The molecule has 162 valence electrons. The Morgan fingerprint density at radius 2 is 2.34 bits per heavy atom. The second-order valence-electron chi connectivity index (χ2n) is 7.40. The van der Waals surface area contributed by atoms with Crippen molar-refractivity contribution in [3.8, 4) is 0 Å². The predicted octanol–water partition coefficient (Wildman–Crippen LogP) is 3.12. The van der Waals surface area contributed by atoms with Crippen LogP contribution in [0.2, 0.25) is 0 Å². The molecule has 1 fully saturated rings. The van der Waals surface area contributed by atoms with E-state index in [1.54, 1.807) is 18.1 Å². The third-order valence-electron chi connectivity index (χ3n) is 4.76. The quantitative estimate of drug-likeness (QED) is 0.287. The molecule has 0 aromatic carbocycles. The SMILES string of the molecule is COCCCC(C)(C)C(O)C=CC1COC(=O)N1CCSc1nc(C(=O)O)cs1. The number of cyclic esters (lactones) is 1. The largest absolute Gasteiger partial charge is 0.476 e. The zero-order valence-electron chi connectivity index (χ0n) is 16.9. The van der Waals surface area contributed by atoms with Crippen molar-refractivity contribution in [1.29, 1.82) is 0 Å². The molecule has 1 saturated heterocycles. The summed E-state index contributed by atoms with van der Waals surface area (Å²) in [5.41, 5.74) is -0.271. The molecule has 0 spiro atoms. The standard InChI is InChI=1S/C19H28N2O6S2/c1-19(2,7-4-9-26-3)15(22)6-5-13-11-27-18(25)21(13)8-10-28-17-20-14(12-29-17)16(23)24/h5-6,12-13,15,22H,4,7-11H2,1-3H3,(H,23,24). The number of hydrogen-bond acceptors (Lipinski definition) is 8. The molecule has 1 aliphatic heterocycles. The van der Waals surface area contributed by atoms with Crippen molar-refractivity contribution in [3.63, 3.8) is 0 Å². The van der Waals surface area contributed by atoms with Crippen molar-refractivity contribution < 1.29 is 29.3 Å². The highest BCUT2D eigenvalue weighted by Crippen LogP contribution is 2.28. The number of ether oxygens (including phenoxy) is 2. The molecule has 0 saturated carbocycles. The molecule has 1 aromatic heterocycles. The number of aliphatic hydroxyl groups excluding tert-OH is 1. The molecule has 2 N–H and O–H groups in total. The van der Waals surface area contributed by atoms with Crippen LogP contribution >= 0.6 is 23.1 Å². The lowest BCUT2D eigenvalue weighted by molar-refractivity contribution is 0.0690. The summed E-state index contributed by atoms with van der Waals surface area (Å²) in [6.45, 7) is 5.35. The molecule has 1 amide bonds. The summed E-state index contributed by atoms with van der Waals surface area (Å²) in [6, 6.07) is -0.238. The first-order valence-corrected chi connectivity index (χ1v) is 11.2. The Hall–Kier alpha value is -1.62. The molecule has 8 nitrogen and oxygen atoms in total. The van der Waals surface area contributed by atoms with Crippen molar-refractivity contribution >= 4 is 35.2 Å². The van der Waals surface area contributed by atoms with E-state index in [1.807, 2.05) is 19.9 Å². The molecule has 0 radical (unpaired) electrons. The molecule has 1 aliphatic rings. The normalized spacial score (nSPS) is 18.4. The minimum absolute atomic E-state index is 0.0287. The van der Waals surface area contributed by atoms with E-state index in [-0.39, 0.29) is 29.9 Å². The second-order valence-corrected chi connectivity index (χ2v) is 9.60. The maximum atomic E-state index is 12.0. The summed E-state index contributed by atoms with van der Waals surface area (Å²) in [4.78, 5) is 28.5. The van der Waals surface area contributed by atoms with Crippen LogP contribution in [-0.2, 0) is 9.47 Å². The zero-order valence-corrected chi connectivity index (χ0v) is 18.5. The molecule has 10 heteroatoms. The number of nitrogens with zero attached hydrogens (tertiary/aromatic N) is 2. The van der Waals surface area contributed by atoms with Gasteiger partial charge in [-0.1, -0.05) is 37.8 Å². The minimum atomic E-state index is -1.05. The zero-order chi connectivity index (χ0) is 21.4. The molecule has 0 bridgehead atoms. The van der Waals surface area contributed by atoms with Crippen molar-refractivity contribution in [2.75, 3.05) is 32.6 Å². The number of thiazole rings is 1. The molecule has 0 aliphatic carbocycles. The number of carboxylic acids is 1. The van der Waals surface area contributed by atoms with Crippen LogP contribution in [0.4, 0.5) is 4.79 Å². The summed E-state index contributed by atoms with van der Waals surface area (Å²) in [7, 11) is 1.66. The van der Waals surface area contributed by atoms with Gasteiger partial charge in [0.05, 0.1) is 12.1 Å². The first-order valence-electron chi connectivity index (χ1n) is 9.35. The third kappa shape index (κ3) is 6.98. The molecule has 2 atom stereocenters. The van der Waals surface area contributed by atoms with Gasteiger partial charge in [-0.15, -0.1) is 11.3 Å². The van der Waals surface area contributed by atoms with Crippen molar-refractivity contribution in [1.82, 2.24) is 9.88 Å². The molecule has 2 unspecified atom stereocenters. The lowest BCUT2D eigenvalue weighted by Crippen LogP contribution is -2.35. The van der Waals surface area contributed by atoms with Gasteiger partial charge < -0.3 is 19.7 Å². The van der Waals surface area contributed by atoms with Gasteiger partial charge in [0.15, 0.2) is 10.0 Å². The molecule has 1 aromatic rings. The van der Waals surface area contributed by atoms with Crippen LogP contribution in [0.1, 0.15) is 37.2 Å². The molecular formula is C19H28N2O6S2. The van der Waals surface area contributed by atoms with E-state index in [0.29, 0.717) is 23.2 Å². The molecule has 29 heavy (non-hydrogen) atoms. The topological polar surface area (TPSA) is 109 Å². The van der Waals surface area contributed by atoms with E-state index < -0.39 is 12.1 Å². The Kier molecular flexibility index (Phi) is 8.94. The average molecular weight is 445 g/mol. The Bertz CT molecular complexity index is 721. The highest BCUT2D eigenvalue weighted by atomic mass is 32.2. The number of thioether (sulfide) groups is 1. The summed E-state index contributed by atoms with van der Waals surface area (Å²) >= 11 is 2.67. The highest BCUT2D eigenvalue weighted by molar-refractivity contribution is 8.01. The number of aromatic nitrogens is 1. The maximum Gasteiger partial charge on any atom is 0.410 e. The fourth-order valence-electron chi connectivity index (χ4n) is 2.85. The Balaban J connectivity index is 1.86. The number of aliphatic hydroxyl groups is 1. The average Bonchev–Trinajstić information content (AvgIpc) is 3.27. The number of hydrogen-bond donors (Lipinski definition) is 2. The van der Waals surface area contributed by atoms with E-state index in [9.17, 15) is 14.7 Å². The Morgan fingerprint density at radius 1 is 1.59 bits per heavy atom. The van der Waals surface area contributed by atoms with E-state index in [0.717, 1.165) is 12.8 Å². The van der Waals surface area contributed by atoms with Crippen molar-refractivity contribution in [2.24, 2.45) is 5.41 Å². The minimum Gasteiger partial charge on any atom is -0.476 e. The van der Waals surface area contributed by atoms with Gasteiger partial charge in [-0.2, -0.15) is 0 Å². The predicted molar refractivity (Wildman–Crippen MR) is 112 cm³/mol. The fraction of sp³-hybridized carbons (Fsp3) is 0.632. The van der Waals surface area contributed by atoms with E-state index in [4.69, 9.17) is 14.6 Å². The first kappa shape index (κ1) is 23.7. The number of carboxylic acid groups (broad SMARTS) is 1. The number of rotatable bonds is 12. The number of aromatic carboxylic acids is 1. The first-order chi connectivity index (χ1) is 13.7. The summed E-state index contributed by atoms with van der Waals surface area (Å²) in [6.07, 6.45) is 4.21. The van der Waals surface area contributed by atoms with Gasteiger partial charge >= 0.3 is 12.1 Å². The number of amides is 1. The highest BCUT2D eigenvalue weighted by Gasteiger charge is 2.32. The van der Waals surface area contributed by atoms with E-state index in [1.165, 1.54) is 28.5 Å². The summed E-state index contributed by atoms with van der Waals surface area (Å²) in [5.74, 6) is -0.484. The number of carbonyl (C=O) groups is 2. The van der Waals surface area contributed by atoms with Crippen LogP contribution in [0, 0.1) is 5.41 Å². The van der Waals surface area contributed by atoms with Gasteiger partial charge in [-0.3, -0.25) is 4.90 Å². The fourth-order valence-corrected chi connectivity index (χ4v) is 4.66. The lowest BCUT2D eigenvalue weighted by Gasteiger charge is -2.29. The van der Waals surface area contributed by atoms with Crippen molar-refractivity contribution in [2.45, 2.75) is 43.2 Å². The second kappa shape index (κ2) is 11.0. The maximum absolute atomic E-state index is 12.0. The van der Waals surface area contributed by atoms with Gasteiger partial charge in [0.25, 0.3) is 0 Å². The van der Waals surface area contributed by atoms with Crippen LogP contribution in [0.3, 0.4) is 0 Å². The van der Waals surface area contributed by atoms with Gasteiger partial charge in [0.2, 0.25) is 0 Å². The van der Waals surface area contributed by atoms with Crippen LogP contribution in [0.25, 0.3) is 0 Å². The monoisotopic (exact) mass is 444 g/mol. The van der Waals surface area contributed by atoms with Crippen LogP contribution < -0.4 is 0 Å². The summed E-state index contributed by atoms with van der Waals surface area (Å²) in [5, 5.41) is 20.9. The number of methoxy groups -OCH3 is 1.